The first-order valence-electron chi connectivity index (χ1n) is 5.28. The highest BCUT2D eigenvalue weighted by atomic mass is 16.1. The van der Waals surface area contributed by atoms with Gasteiger partial charge < -0.3 is 16.4 Å². The summed E-state index contributed by atoms with van der Waals surface area (Å²) in [4.78, 5) is 19.2. The molecular formula is C10H15N5O. The molecule has 1 aromatic rings. The zero-order chi connectivity index (χ0) is 11.5. The van der Waals surface area contributed by atoms with E-state index >= 15 is 0 Å². The fourth-order valence-electron chi connectivity index (χ4n) is 1.74. The molecule has 2 rings (SSSR count). The van der Waals surface area contributed by atoms with Gasteiger partial charge in [-0.05, 0) is 13.3 Å². The lowest BCUT2D eigenvalue weighted by Crippen LogP contribution is -2.32. The molecule has 6 nitrogen and oxygen atoms in total. The summed E-state index contributed by atoms with van der Waals surface area (Å²) in [6.45, 7) is 2.46. The minimum atomic E-state index is 0.116. The van der Waals surface area contributed by atoms with Gasteiger partial charge in [-0.1, -0.05) is 0 Å². The van der Waals surface area contributed by atoms with Gasteiger partial charge in [-0.3, -0.25) is 4.79 Å². The predicted octanol–water partition coefficient (Wildman–Crippen LogP) is 0.0577. The molecule has 6 heteroatoms. The second-order valence-electron chi connectivity index (χ2n) is 3.91. The van der Waals surface area contributed by atoms with E-state index in [0.717, 1.165) is 6.42 Å². The van der Waals surface area contributed by atoms with Crippen LogP contribution in [-0.4, -0.2) is 28.5 Å². The minimum absolute atomic E-state index is 0.116. The van der Waals surface area contributed by atoms with Crippen LogP contribution in [0.2, 0.25) is 0 Å². The molecule has 1 aromatic heterocycles. The molecule has 1 aliphatic heterocycles. The van der Waals surface area contributed by atoms with E-state index in [9.17, 15) is 4.79 Å². The number of amides is 1. The third-order valence-electron chi connectivity index (χ3n) is 2.47. The monoisotopic (exact) mass is 221 g/mol. The molecule has 0 saturated carbocycles. The number of hydrogen-bond donors (Lipinski definition) is 3. The van der Waals surface area contributed by atoms with E-state index in [2.05, 4.69) is 20.6 Å². The van der Waals surface area contributed by atoms with Crippen LogP contribution in [0.1, 0.15) is 18.7 Å². The second-order valence-corrected chi connectivity index (χ2v) is 3.91. The summed E-state index contributed by atoms with van der Waals surface area (Å²) in [5.41, 5.74) is 5.60. The average molecular weight is 221 g/mol. The Kier molecular flexibility index (Phi) is 2.89. The van der Waals surface area contributed by atoms with Crippen molar-refractivity contribution >= 4 is 17.5 Å². The van der Waals surface area contributed by atoms with Crippen LogP contribution in [0.15, 0.2) is 6.07 Å². The first-order chi connectivity index (χ1) is 7.63. The van der Waals surface area contributed by atoms with Crippen molar-refractivity contribution in [2.45, 2.75) is 25.8 Å². The van der Waals surface area contributed by atoms with E-state index in [1.54, 1.807) is 13.0 Å². The highest BCUT2D eigenvalue weighted by Gasteiger charge is 2.20. The largest absolute Gasteiger partial charge is 0.384 e. The Labute approximate surface area is 93.7 Å². The molecule has 0 spiro atoms. The number of aryl methyl sites for hydroxylation is 1. The third-order valence-corrected chi connectivity index (χ3v) is 2.47. The Morgan fingerprint density at radius 1 is 1.62 bits per heavy atom. The van der Waals surface area contributed by atoms with E-state index in [1.165, 1.54) is 0 Å². The normalized spacial score (nSPS) is 19.6. The maximum Gasteiger partial charge on any atom is 0.220 e. The van der Waals surface area contributed by atoms with Crippen molar-refractivity contribution < 1.29 is 4.79 Å². The van der Waals surface area contributed by atoms with Crippen molar-refractivity contribution in [1.82, 2.24) is 15.3 Å². The Morgan fingerprint density at radius 2 is 2.44 bits per heavy atom. The number of carbonyl (C=O) groups excluding carboxylic acids is 1. The zero-order valence-electron chi connectivity index (χ0n) is 9.16. The fraction of sp³-hybridized carbons (Fsp3) is 0.500. The lowest BCUT2D eigenvalue weighted by atomic mass is 10.2. The third kappa shape index (κ3) is 2.59. The van der Waals surface area contributed by atoms with Gasteiger partial charge in [0.1, 0.15) is 17.5 Å². The van der Waals surface area contributed by atoms with E-state index in [1.807, 2.05) is 0 Å². The molecule has 0 radical (unpaired) electrons. The molecule has 1 aliphatic rings. The van der Waals surface area contributed by atoms with Crippen molar-refractivity contribution in [2.75, 3.05) is 17.6 Å². The number of nitrogens with two attached hydrogens (primary N) is 1. The minimum Gasteiger partial charge on any atom is -0.384 e. The quantitative estimate of drug-likeness (QED) is 0.671. The zero-order valence-corrected chi connectivity index (χ0v) is 9.16. The second kappa shape index (κ2) is 4.34. The van der Waals surface area contributed by atoms with Gasteiger partial charge in [0.25, 0.3) is 0 Å². The molecule has 4 N–H and O–H groups in total. The SMILES string of the molecule is Cc1nc(N)cc(NCC2CCC(=O)N2)n1. The average Bonchev–Trinajstić information content (AvgIpc) is 2.60. The Balaban J connectivity index is 1.91. The summed E-state index contributed by atoms with van der Waals surface area (Å²) < 4.78 is 0. The van der Waals surface area contributed by atoms with Gasteiger partial charge in [-0.15, -0.1) is 0 Å². The maximum atomic E-state index is 11.0. The molecule has 0 aliphatic carbocycles. The molecule has 86 valence electrons. The molecule has 1 fully saturated rings. The van der Waals surface area contributed by atoms with E-state index < -0.39 is 0 Å². The number of aromatic nitrogens is 2. The number of nitrogen functional groups attached to an aromatic ring is 1. The van der Waals surface area contributed by atoms with Crippen LogP contribution in [0.25, 0.3) is 0 Å². The molecule has 0 bridgehead atoms. The summed E-state index contributed by atoms with van der Waals surface area (Å²) in [5, 5.41) is 6.02. The van der Waals surface area contributed by atoms with Gasteiger partial charge in [-0.25, -0.2) is 9.97 Å². The van der Waals surface area contributed by atoms with E-state index in [4.69, 9.17) is 5.73 Å². The summed E-state index contributed by atoms with van der Waals surface area (Å²) in [6, 6.07) is 1.87. The molecular weight excluding hydrogens is 206 g/mol. The first kappa shape index (κ1) is 10.7. The van der Waals surface area contributed by atoms with Crippen LogP contribution < -0.4 is 16.4 Å². The van der Waals surface area contributed by atoms with Crippen LogP contribution in [0.3, 0.4) is 0 Å². The molecule has 2 heterocycles. The van der Waals surface area contributed by atoms with Gasteiger partial charge in [0, 0.05) is 25.1 Å². The molecule has 1 unspecified atom stereocenters. The van der Waals surface area contributed by atoms with Gasteiger partial charge in [-0.2, -0.15) is 0 Å². The lowest BCUT2D eigenvalue weighted by molar-refractivity contribution is -0.119. The molecule has 0 aromatic carbocycles. The summed E-state index contributed by atoms with van der Waals surface area (Å²) in [7, 11) is 0. The molecule has 16 heavy (non-hydrogen) atoms. The van der Waals surface area contributed by atoms with Crippen LogP contribution in [0.5, 0.6) is 0 Å². The Morgan fingerprint density at radius 3 is 3.06 bits per heavy atom. The summed E-state index contributed by atoms with van der Waals surface area (Å²) in [5.74, 6) is 1.90. The highest BCUT2D eigenvalue weighted by molar-refractivity contribution is 5.78. The maximum absolute atomic E-state index is 11.0. The van der Waals surface area contributed by atoms with Crippen molar-refractivity contribution in [3.8, 4) is 0 Å². The summed E-state index contributed by atoms with van der Waals surface area (Å²) in [6.07, 6.45) is 1.47. The number of rotatable bonds is 3. The topological polar surface area (TPSA) is 92.9 Å². The Bertz CT molecular complexity index is 386. The number of carbonyl (C=O) groups is 1. The van der Waals surface area contributed by atoms with E-state index in [-0.39, 0.29) is 11.9 Å². The molecule has 1 atom stereocenters. The number of hydrogen-bond acceptors (Lipinski definition) is 5. The van der Waals surface area contributed by atoms with Gasteiger partial charge in [0.05, 0.1) is 0 Å². The van der Waals surface area contributed by atoms with Crippen molar-refractivity contribution in [1.29, 1.82) is 0 Å². The number of nitrogens with zero attached hydrogens (tertiary/aromatic N) is 2. The van der Waals surface area contributed by atoms with Gasteiger partial charge in [0.15, 0.2) is 0 Å². The van der Waals surface area contributed by atoms with Crippen molar-refractivity contribution in [2.24, 2.45) is 0 Å². The van der Waals surface area contributed by atoms with Crippen LogP contribution in [0.4, 0.5) is 11.6 Å². The van der Waals surface area contributed by atoms with Crippen LogP contribution in [-0.2, 0) is 4.79 Å². The summed E-state index contributed by atoms with van der Waals surface area (Å²) >= 11 is 0. The molecule has 1 amide bonds. The first-order valence-corrected chi connectivity index (χ1v) is 5.28. The van der Waals surface area contributed by atoms with Crippen molar-refractivity contribution in [3.63, 3.8) is 0 Å². The van der Waals surface area contributed by atoms with Gasteiger partial charge in [0.2, 0.25) is 5.91 Å². The predicted molar refractivity (Wildman–Crippen MR) is 60.8 cm³/mol. The molecule has 1 saturated heterocycles. The highest BCUT2D eigenvalue weighted by Crippen LogP contribution is 2.10. The van der Waals surface area contributed by atoms with Gasteiger partial charge >= 0.3 is 0 Å². The fourth-order valence-corrected chi connectivity index (χ4v) is 1.74. The van der Waals surface area contributed by atoms with E-state index in [0.29, 0.717) is 30.4 Å². The standard InChI is InChI=1S/C10H15N5O/c1-6-13-8(11)4-9(14-6)12-5-7-2-3-10(16)15-7/h4,7H,2-3,5H2,1H3,(H,15,16)(H3,11,12,13,14). The lowest BCUT2D eigenvalue weighted by Gasteiger charge is -2.12. The van der Waals surface area contributed by atoms with Crippen LogP contribution in [0, 0.1) is 6.92 Å². The van der Waals surface area contributed by atoms with Crippen LogP contribution >= 0.6 is 0 Å². The smallest absolute Gasteiger partial charge is 0.220 e. The van der Waals surface area contributed by atoms with Crippen molar-refractivity contribution in [3.05, 3.63) is 11.9 Å². The Hall–Kier alpha value is -1.85. The number of nitrogens with one attached hydrogen (secondary N) is 2. The number of anilines is 2.